The van der Waals surface area contributed by atoms with Crippen molar-refractivity contribution in [2.24, 2.45) is 5.73 Å². The molecule has 0 saturated carbocycles. The average Bonchev–Trinajstić information content (AvgIpc) is 2.61. The molecule has 0 saturated heterocycles. The van der Waals surface area contributed by atoms with Crippen molar-refractivity contribution in [2.75, 3.05) is 0 Å². The van der Waals surface area contributed by atoms with E-state index in [9.17, 15) is 0 Å². The molecule has 2 heterocycles. The molecule has 1 aliphatic rings. The van der Waals surface area contributed by atoms with E-state index in [0.29, 0.717) is 6.04 Å². The maximum absolute atomic E-state index is 5.86. The third-order valence-electron chi connectivity index (χ3n) is 2.99. The number of fused-ring (bicyclic) bond motifs is 1. The topological polar surface area (TPSA) is 56.7 Å². The minimum atomic E-state index is 0.246. The summed E-state index contributed by atoms with van der Waals surface area (Å²) in [5, 5.41) is 4.55. The molecule has 1 aliphatic heterocycles. The zero-order chi connectivity index (χ0) is 10.8. The van der Waals surface area contributed by atoms with Crippen LogP contribution in [0.1, 0.15) is 50.8 Å². The van der Waals surface area contributed by atoms with Crippen molar-refractivity contribution < 1.29 is 0 Å². The fraction of sp³-hybridized carbons (Fsp3) is 0.818. The summed E-state index contributed by atoms with van der Waals surface area (Å²) >= 11 is 0. The minimum absolute atomic E-state index is 0.246. The molecule has 2 N–H and O–H groups in total. The molecular weight excluding hydrogens is 188 g/mol. The molecule has 4 nitrogen and oxygen atoms in total. The molecule has 0 spiro atoms. The molecule has 0 aliphatic carbocycles. The van der Waals surface area contributed by atoms with E-state index >= 15 is 0 Å². The predicted octanol–water partition coefficient (Wildman–Crippen LogP) is 1.46. The van der Waals surface area contributed by atoms with Gasteiger partial charge < -0.3 is 5.73 Å². The number of hydrogen-bond acceptors (Lipinski definition) is 3. The highest BCUT2D eigenvalue weighted by Crippen LogP contribution is 2.26. The molecule has 0 bridgehead atoms. The van der Waals surface area contributed by atoms with E-state index in [-0.39, 0.29) is 6.04 Å². The van der Waals surface area contributed by atoms with E-state index in [4.69, 9.17) is 5.73 Å². The molecule has 0 amide bonds. The summed E-state index contributed by atoms with van der Waals surface area (Å²) in [4.78, 5) is 4.54. The fourth-order valence-electron chi connectivity index (χ4n) is 2.28. The van der Waals surface area contributed by atoms with Gasteiger partial charge in [-0.1, -0.05) is 6.92 Å². The minimum Gasteiger partial charge on any atom is -0.328 e. The van der Waals surface area contributed by atoms with Crippen molar-refractivity contribution in [3.8, 4) is 0 Å². The lowest BCUT2D eigenvalue weighted by Crippen LogP contribution is -2.26. The first-order valence-corrected chi connectivity index (χ1v) is 5.90. The molecule has 0 fully saturated rings. The summed E-state index contributed by atoms with van der Waals surface area (Å²) in [6, 6.07) is 0.719. The molecule has 0 aromatic carbocycles. The molecular formula is C11H20N4. The first-order chi connectivity index (χ1) is 7.20. The lowest BCUT2D eigenvalue weighted by Gasteiger charge is -2.24. The largest absolute Gasteiger partial charge is 0.328 e. The molecule has 2 atom stereocenters. The summed E-state index contributed by atoms with van der Waals surface area (Å²) in [5.41, 5.74) is 5.86. The van der Waals surface area contributed by atoms with Crippen LogP contribution in [0.2, 0.25) is 0 Å². The van der Waals surface area contributed by atoms with Crippen molar-refractivity contribution in [3.63, 3.8) is 0 Å². The van der Waals surface area contributed by atoms with E-state index in [2.05, 4.69) is 28.6 Å². The van der Waals surface area contributed by atoms with Crippen molar-refractivity contribution >= 4 is 0 Å². The average molecular weight is 208 g/mol. The predicted molar refractivity (Wildman–Crippen MR) is 59.6 cm³/mol. The Morgan fingerprint density at radius 1 is 1.60 bits per heavy atom. The van der Waals surface area contributed by atoms with Gasteiger partial charge in [0.25, 0.3) is 0 Å². The van der Waals surface area contributed by atoms with Gasteiger partial charge in [-0.2, -0.15) is 5.10 Å². The zero-order valence-electron chi connectivity index (χ0n) is 9.61. The summed E-state index contributed by atoms with van der Waals surface area (Å²) < 4.78 is 2.12. The molecule has 0 radical (unpaired) electrons. The number of aromatic nitrogens is 3. The van der Waals surface area contributed by atoms with E-state index in [1.807, 2.05) is 0 Å². The van der Waals surface area contributed by atoms with Crippen molar-refractivity contribution in [2.45, 2.75) is 58.0 Å². The Labute approximate surface area is 90.9 Å². The van der Waals surface area contributed by atoms with Crippen LogP contribution in [0.3, 0.4) is 0 Å². The van der Waals surface area contributed by atoms with Gasteiger partial charge in [-0.15, -0.1) is 0 Å². The number of hydrogen-bond donors (Lipinski definition) is 1. The zero-order valence-corrected chi connectivity index (χ0v) is 9.61. The van der Waals surface area contributed by atoms with Gasteiger partial charge in [0.1, 0.15) is 5.82 Å². The molecule has 4 heteroatoms. The Morgan fingerprint density at radius 2 is 2.40 bits per heavy atom. The molecule has 15 heavy (non-hydrogen) atoms. The van der Waals surface area contributed by atoms with Gasteiger partial charge in [0.2, 0.25) is 0 Å². The second kappa shape index (κ2) is 4.31. The van der Waals surface area contributed by atoms with Crippen LogP contribution in [0, 0.1) is 0 Å². The van der Waals surface area contributed by atoms with Crippen molar-refractivity contribution in [3.05, 3.63) is 11.6 Å². The van der Waals surface area contributed by atoms with Crippen LogP contribution in [0.5, 0.6) is 0 Å². The second-order valence-electron chi connectivity index (χ2n) is 4.50. The van der Waals surface area contributed by atoms with Crippen molar-refractivity contribution in [1.29, 1.82) is 0 Å². The molecule has 1 aromatic rings. The summed E-state index contributed by atoms with van der Waals surface area (Å²) in [7, 11) is 0. The molecule has 2 rings (SSSR count). The lowest BCUT2D eigenvalue weighted by atomic mass is 9.99. The van der Waals surface area contributed by atoms with Crippen LogP contribution in [-0.2, 0) is 12.8 Å². The fourth-order valence-corrected chi connectivity index (χ4v) is 2.28. The lowest BCUT2D eigenvalue weighted by molar-refractivity contribution is 0.326. The third-order valence-corrected chi connectivity index (χ3v) is 2.99. The van der Waals surface area contributed by atoms with Crippen LogP contribution in [0.4, 0.5) is 0 Å². The van der Waals surface area contributed by atoms with E-state index in [1.54, 1.807) is 0 Å². The molecule has 2 unspecified atom stereocenters. The number of rotatable bonds is 3. The number of aryl methyl sites for hydroxylation is 2. The van der Waals surface area contributed by atoms with Gasteiger partial charge in [0.05, 0.1) is 6.04 Å². The first kappa shape index (κ1) is 10.6. The summed E-state index contributed by atoms with van der Waals surface area (Å²) in [6.45, 7) is 4.16. The van der Waals surface area contributed by atoms with Gasteiger partial charge in [-0.25, -0.2) is 9.67 Å². The standard InChI is InChI=1S/C11H20N4/c1-3-10-13-11-6-4-5-9(7-8(2)12)15(11)14-10/h8-9H,3-7,12H2,1-2H3. The maximum atomic E-state index is 5.86. The Kier molecular flexibility index (Phi) is 3.05. The van der Waals surface area contributed by atoms with Crippen molar-refractivity contribution in [1.82, 2.24) is 14.8 Å². The quantitative estimate of drug-likeness (QED) is 0.818. The Balaban J connectivity index is 2.21. The highest BCUT2D eigenvalue weighted by molar-refractivity contribution is 4.98. The summed E-state index contributed by atoms with van der Waals surface area (Å²) in [5.74, 6) is 2.13. The van der Waals surface area contributed by atoms with E-state index < -0.39 is 0 Å². The normalized spacial score (nSPS) is 22.5. The monoisotopic (exact) mass is 208 g/mol. The van der Waals surface area contributed by atoms with Crippen LogP contribution in [0.15, 0.2) is 0 Å². The van der Waals surface area contributed by atoms with Crippen LogP contribution >= 0.6 is 0 Å². The summed E-state index contributed by atoms with van der Waals surface area (Å²) in [6.07, 6.45) is 5.42. The highest BCUT2D eigenvalue weighted by atomic mass is 15.4. The molecule has 1 aromatic heterocycles. The van der Waals surface area contributed by atoms with E-state index in [0.717, 1.165) is 30.9 Å². The highest BCUT2D eigenvalue weighted by Gasteiger charge is 2.23. The van der Waals surface area contributed by atoms with Crippen LogP contribution < -0.4 is 5.73 Å². The van der Waals surface area contributed by atoms with Gasteiger partial charge in [0, 0.05) is 18.9 Å². The number of nitrogens with two attached hydrogens (primary N) is 1. The Morgan fingerprint density at radius 3 is 3.07 bits per heavy atom. The van der Waals surface area contributed by atoms with Gasteiger partial charge in [0.15, 0.2) is 5.82 Å². The molecule has 84 valence electrons. The SMILES string of the molecule is CCc1nc2n(n1)C(CC(C)N)CCC2. The Hall–Kier alpha value is -0.900. The Bertz CT molecular complexity index is 329. The third kappa shape index (κ3) is 2.20. The number of nitrogens with zero attached hydrogens (tertiary/aromatic N) is 3. The van der Waals surface area contributed by atoms with Gasteiger partial charge >= 0.3 is 0 Å². The van der Waals surface area contributed by atoms with Gasteiger partial charge in [-0.05, 0) is 26.2 Å². The van der Waals surface area contributed by atoms with Gasteiger partial charge in [-0.3, -0.25) is 0 Å². The maximum Gasteiger partial charge on any atom is 0.150 e. The van der Waals surface area contributed by atoms with Crippen LogP contribution in [-0.4, -0.2) is 20.8 Å². The first-order valence-electron chi connectivity index (χ1n) is 5.90. The smallest absolute Gasteiger partial charge is 0.150 e. The van der Waals surface area contributed by atoms with Crippen LogP contribution in [0.25, 0.3) is 0 Å². The van der Waals surface area contributed by atoms with E-state index in [1.165, 1.54) is 12.8 Å². The second-order valence-corrected chi connectivity index (χ2v) is 4.50.